The van der Waals surface area contributed by atoms with Crippen LogP contribution in [0, 0.1) is 0 Å². The molecular weight excluding hydrogens is 256 g/mol. The molecule has 2 N–H and O–H groups in total. The molecule has 2 rings (SSSR count). The van der Waals surface area contributed by atoms with E-state index < -0.39 is 0 Å². The van der Waals surface area contributed by atoms with Crippen molar-refractivity contribution in [2.45, 2.75) is 26.4 Å². The molecule has 1 aliphatic rings. The quantitative estimate of drug-likeness (QED) is 0.820. The minimum Gasteiger partial charge on any atom is -0.368 e. The van der Waals surface area contributed by atoms with Gasteiger partial charge in [-0.05, 0) is 32.9 Å². The Morgan fingerprint density at radius 3 is 2.45 bits per heavy atom. The molecule has 6 heteroatoms. The standard InChI is InChI=1S/C14H24N4O2/c1-14(2,3)20-11-17-6-8-18(9-7-17)12-4-5-13(16-19)15-10-12/h4-5,10,19H,6-9,11H2,1-3H3,(H,15,16). The monoisotopic (exact) mass is 280 g/mol. The van der Waals surface area contributed by atoms with Crippen molar-refractivity contribution in [3.05, 3.63) is 18.3 Å². The molecule has 1 aromatic rings. The Morgan fingerprint density at radius 2 is 1.95 bits per heavy atom. The van der Waals surface area contributed by atoms with Crippen molar-refractivity contribution in [3.63, 3.8) is 0 Å². The van der Waals surface area contributed by atoms with Crippen LogP contribution in [0.1, 0.15) is 20.8 Å². The van der Waals surface area contributed by atoms with Crippen LogP contribution in [-0.2, 0) is 4.74 Å². The minimum atomic E-state index is -0.0891. The van der Waals surface area contributed by atoms with Crippen LogP contribution >= 0.6 is 0 Å². The summed E-state index contributed by atoms with van der Waals surface area (Å²) in [7, 11) is 0. The summed E-state index contributed by atoms with van der Waals surface area (Å²) in [6.07, 6.45) is 1.78. The summed E-state index contributed by atoms with van der Waals surface area (Å²) >= 11 is 0. The summed E-state index contributed by atoms with van der Waals surface area (Å²) in [6, 6.07) is 3.73. The zero-order chi connectivity index (χ0) is 14.6. The van der Waals surface area contributed by atoms with E-state index in [0.29, 0.717) is 12.5 Å². The first-order valence-corrected chi connectivity index (χ1v) is 6.95. The molecule has 1 fully saturated rings. The third-order valence-electron chi connectivity index (χ3n) is 3.28. The second kappa shape index (κ2) is 6.39. The SMILES string of the molecule is CC(C)(C)OCN1CCN(c2ccc(NO)nc2)CC1. The van der Waals surface area contributed by atoms with Gasteiger partial charge in [-0.1, -0.05) is 0 Å². The Labute approximate surface area is 120 Å². The van der Waals surface area contributed by atoms with E-state index in [-0.39, 0.29) is 5.60 Å². The summed E-state index contributed by atoms with van der Waals surface area (Å²) in [5, 5.41) is 8.75. The van der Waals surface area contributed by atoms with E-state index in [1.165, 1.54) is 0 Å². The average molecular weight is 280 g/mol. The van der Waals surface area contributed by atoms with Crippen molar-refractivity contribution in [1.29, 1.82) is 0 Å². The predicted molar refractivity (Wildman–Crippen MR) is 79.1 cm³/mol. The van der Waals surface area contributed by atoms with E-state index in [1.54, 1.807) is 12.3 Å². The van der Waals surface area contributed by atoms with E-state index in [0.717, 1.165) is 31.9 Å². The second-order valence-corrected chi connectivity index (χ2v) is 6.00. The summed E-state index contributed by atoms with van der Waals surface area (Å²) in [4.78, 5) is 8.73. The van der Waals surface area contributed by atoms with Gasteiger partial charge in [0.15, 0.2) is 0 Å². The van der Waals surface area contributed by atoms with E-state index in [1.807, 2.05) is 11.5 Å². The number of rotatable bonds is 4. The van der Waals surface area contributed by atoms with Crippen LogP contribution < -0.4 is 10.4 Å². The maximum atomic E-state index is 8.75. The third-order valence-corrected chi connectivity index (χ3v) is 3.28. The molecular formula is C14H24N4O2. The normalized spacial score (nSPS) is 17.3. The van der Waals surface area contributed by atoms with Crippen LogP contribution in [0.2, 0.25) is 0 Å². The van der Waals surface area contributed by atoms with E-state index >= 15 is 0 Å². The average Bonchev–Trinajstić information content (AvgIpc) is 2.45. The molecule has 1 saturated heterocycles. The van der Waals surface area contributed by atoms with Crippen LogP contribution in [0.3, 0.4) is 0 Å². The molecule has 0 atom stereocenters. The fourth-order valence-corrected chi connectivity index (χ4v) is 2.06. The van der Waals surface area contributed by atoms with Crippen molar-refractivity contribution < 1.29 is 9.94 Å². The Bertz CT molecular complexity index is 408. The Kier molecular flexibility index (Phi) is 4.80. The number of hydrogen-bond donors (Lipinski definition) is 2. The summed E-state index contributed by atoms with van der Waals surface area (Å²) < 4.78 is 5.80. The first kappa shape index (κ1) is 15.0. The fourth-order valence-electron chi connectivity index (χ4n) is 2.06. The lowest BCUT2D eigenvalue weighted by atomic mass is 10.2. The lowest BCUT2D eigenvalue weighted by molar-refractivity contribution is -0.0644. The maximum absolute atomic E-state index is 8.75. The number of piperazine rings is 1. The highest BCUT2D eigenvalue weighted by atomic mass is 16.5. The Hall–Kier alpha value is -1.37. The van der Waals surface area contributed by atoms with Gasteiger partial charge in [0.05, 0.1) is 24.2 Å². The fraction of sp³-hybridized carbons (Fsp3) is 0.643. The first-order chi connectivity index (χ1) is 9.48. The number of nitrogens with zero attached hydrogens (tertiary/aromatic N) is 3. The lowest BCUT2D eigenvalue weighted by Gasteiger charge is -2.36. The van der Waals surface area contributed by atoms with E-state index in [4.69, 9.17) is 9.94 Å². The molecule has 0 unspecified atom stereocenters. The van der Waals surface area contributed by atoms with Crippen LogP contribution in [0.4, 0.5) is 11.5 Å². The van der Waals surface area contributed by atoms with Crippen molar-refractivity contribution >= 4 is 11.5 Å². The molecule has 20 heavy (non-hydrogen) atoms. The first-order valence-electron chi connectivity index (χ1n) is 6.95. The van der Waals surface area contributed by atoms with Gasteiger partial charge in [-0.25, -0.2) is 4.98 Å². The molecule has 0 aliphatic carbocycles. The van der Waals surface area contributed by atoms with Crippen molar-refractivity contribution in [2.75, 3.05) is 43.3 Å². The number of aromatic nitrogens is 1. The highest BCUT2D eigenvalue weighted by Crippen LogP contribution is 2.17. The maximum Gasteiger partial charge on any atom is 0.149 e. The summed E-state index contributed by atoms with van der Waals surface area (Å²) in [5.41, 5.74) is 3.04. The van der Waals surface area contributed by atoms with Gasteiger partial charge in [0.1, 0.15) is 5.82 Å². The molecule has 0 radical (unpaired) electrons. The largest absolute Gasteiger partial charge is 0.368 e. The van der Waals surface area contributed by atoms with Crippen molar-refractivity contribution in [2.24, 2.45) is 0 Å². The van der Waals surface area contributed by atoms with Crippen molar-refractivity contribution in [1.82, 2.24) is 9.88 Å². The van der Waals surface area contributed by atoms with Crippen LogP contribution in [0.5, 0.6) is 0 Å². The predicted octanol–water partition coefficient (Wildman–Crippen LogP) is 1.78. The van der Waals surface area contributed by atoms with Gasteiger partial charge in [-0.2, -0.15) is 0 Å². The van der Waals surface area contributed by atoms with Gasteiger partial charge in [0.25, 0.3) is 0 Å². The molecule has 112 valence electrons. The molecule has 1 aromatic heterocycles. The van der Waals surface area contributed by atoms with Crippen LogP contribution in [0.25, 0.3) is 0 Å². The Morgan fingerprint density at radius 1 is 1.25 bits per heavy atom. The second-order valence-electron chi connectivity index (χ2n) is 6.00. The molecule has 0 bridgehead atoms. The van der Waals surface area contributed by atoms with E-state index in [2.05, 4.69) is 35.6 Å². The van der Waals surface area contributed by atoms with Gasteiger partial charge in [-0.15, -0.1) is 0 Å². The van der Waals surface area contributed by atoms with Crippen LogP contribution in [-0.4, -0.2) is 53.6 Å². The van der Waals surface area contributed by atoms with Gasteiger partial charge >= 0.3 is 0 Å². The zero-order valence-electron chi connectivity index (χ0n) is 12.5. The highest BCUT2D eigenvalue weighted by Gasteiger charge is 2.19. The molecule has 6 nitrogen and oxygen atoms in total. The van der Waals surface area contributed by atoms with Gasteiger partial charge in [0, 0.05) is 26.2 Å². The Balaban J connectivity index is 1.81. The molecule has 1 aliphatic heterocycles. The topological polar surface area (TPSA) is 60.9 Å². The summed E-state index contributed by atoms with van der Waals surface area (Å²) in [5.74, 6) is 0.464. The van der Waals surface area contributed by atoms with Gasteiger partial charge < -0.3 is 9.64 Å². The molecule has 0 spiro atoms. The molecule has 0 amide bonds. The smallest absolute Gasteiger partial charge is 0.149 e. The third kappa shape index (κ3) is 4.33. The lowest BCUT2D eigenvalue weighted by Crippen LogP contribution is -2.48. The number of hydrogen-bond acceptors (Lipinski definition) is 6. The minimum absolute atomic E-state index is 0.0891. The van der Waals surface area contributed by atoms with Crippen LogP contribution in [0.15, 0.2) is 18.3 Å². The number of nitrogens with one attached hydrogen (secondary N) is 1. The summed E-state index contributed by atoms with van der Waals surface area (Å²) in [6.45, 7) is 10.8. The number of anilines is 2. The highest BCUT2D eigenvalue weighted by molar-refractivity contribution is 5.49. The van der Waals surface area contributed by atoms with Gasteiger partial charge in [-0.3, -0.25) is 15.6 Å². The number of ether oxygens (including phenoxy) is 1. The van der Waals surface area contributed by atoms with Crippen molar-refractivity contribution in [3.8, 4) is 0 Å². The zero-order valence-corrected chi connectivity index (χ0v) is 12.5. The molecule has 0 aromatic carbocycles. The van der Waals surface area contributed by atoms with E-state index in [9.17, 15) is 0 Å². The number of pyridine rings is 1. The molecule has 2 heterocycles. The van der Waals surface area contributed by atoms with Gasteiger partial charge in [0.2, 0.25) is 0 Å². The molecule has 0 saturated carbocycles.